The Kier molecular flexibility index (Phi) is 19.2. The molecular weight excluding hydrogens is 1120 g/mol. The molecule has 15 N–H and O–H groups in total. The highest BCUT2D eigenvalue weighted by Crippen LogP contribution is 2.76. The molecule has 26 heteroatoms. The lowest BCUT2D eigenvalue weighted by Crippen LogP contribution is -2.66. The Hall–Kier alpha value is -1.75. The summed E-state index contributed by atoms with van der Waals surface area (Å²) in [6.45, 7) is 15.0. The van der Waals surface area contributed by atoms with E-state index in [0.717, 1.165) is 32.1 Å². The van der Waals surface area contributed by atoms with Crippen LogP contribution in [0.25, 0.3) is 0 Å². The Balaban J connectivity index is 0.826. The second-order valence-electron chi connectivity index (χ2n) is 28.1. The topological polar surface area (TPSA) is 413 Å². The molecule has 0 unspecified atom stereocenters. The Bertz CT molecular complexity index is 2350. The van der Waals surface area contributed by atoms with Crippen molar-refractivity contribution in [2.45, 2.75) is 267 Å². The van der Waals surface area contributed by atoms with Crippen LogP contribution in [0, 0.1) is 56.7 Å². The summed E-state index contributed by atoms with van der Waals surface area (Å²) >= 11 is 0. The number of aliphatic hydroxyl groups excluding tert-OH is 15. The van der Waals surface area contributed by atoms with Gasteiger partial charge in [0, 0.05) is 0 Å². The van der Waals surface area contributed by atoms with E-state index < -0.39 is 190 Å². The van der Waals surface area contributed by atoms with Gasteiger partial charge in [0.1, 0.15) is 110 Å². The molecular formula is C59H96O26. The van der Waals surface area contributed by atoms with Crippen molar-refractivity contribution >= 4 is 5.97 Å². The first-order chi connectivity index (χ1) is 39.9. The minimum atomic E-state index is -1.89. The van der Waals surface area contributed by atoms with Crippen molar-refractivity contribution in [3.63, 3.8) is 0 Å². The summed E-state index contributed by atoms with van der Waals surface area (Å²) in [5.74, 6) is -0.254. The predicted molar refractivity (Wildman–Crippen MR) is 288 cm³/mol. The van der Waals surface area contributed by atoms with Crippen LogP contribution < -0.4 is 0 Å². The van der Waals surface area contributed by atoms with Gasteiger partial charge < -0.3 is 124 Å². The summed E-state index contributed by atoms with van der Waals surface area (Å²) in [4.78, 5) is 15.3. The second kappa shape index (κ2) is 24.7. The van der Waals surface area contributed by atoms with E-state index in [-0.39, 0.29) is 52.4 Å². The molecule has 10 aliphatic rings. The van der Waals surface area contributed by atoms with Crippen LogP contribution in [0.5, 0.6) is 0 Å². The Morgan fingerprint density at radius 1 is 0.553 bits per heavy atom. The molecule has 0 aromatic rings. The maximum Gasteiger partial charge on any atom is 0.315 e. The van der Waals surface area contributed by atoms with Gasteiger partial charge in [0.05, 0.1) is 44.1 Å². The number of carbonyl (C=O) groups excluding carboxylic acids is 1. The van der Waals surface area contributed by atoms with E-state index in [1.54, 1.807) is 0 Å². The molecule has 5 heterocycles. The minimum Gasteiger partial charge on any atom is -0.432 e. The fourth-order valence-electron chi connectivity index (χ4n) is 17.8. The Morgan fingerprint density at radius 3 is 1.81 bits per heavy atom. The standard InChI is InChI=1S/C59H96O26/c1-23-11-16-59(54(75)85-52-45(73)41(69)38(66)30(81-52)22-77-49-46(74)42(70)47(29(20-61)80-49)83-50-43(71)39(67)35(63)25(3)78-50)18-17-57(7)26(34(59)24(23)2)9-10-32-56(6)14-13-33(55(4,5)31(56)12-15-58(32,57)8)82-53-48(36(64)27(62)21-76-53)84-51-44(72)40(68)37(65)28(19-60)79-51/h9,23-25,27-53,60-74H,10-22H2,1-8H3/t23-,24+,25+,27+,28-,29-,30-,31+,32-,33+,34+,35+,36+,37+,38-,39-,40+,41+,42-,43-,44-,45-,46-,47-,48-,49-,50+,51+,52+,53+,56+,57+,58-,59+/m1/s1. The van der Waals surface area contributed by atoms with Gasteiger partial charge in [-0.3, -0.25) is 4.79 Å². The van der Waals surface area contributed by atoms with Gasteiger partial charge >= 0.3 is 5.97 Å². The summed E-state index contributed by atoms with van der Waals surface area (Å²) in [5.41, 5.74) is -1.09. The zero-order valence-corrected chi connectivity index (χ0v) is 49.8. The fourth-order valence-corrected chi connectivity index (χ4v) is 17.8. The lowest BCUT2D eigenvalue weighted by atomic mass is 9.33. The Labute approximate surface area is 494 Å². The van der Waals surface area contributed by atoms with Crippen molar-refractivity contribution in [3.8, 4) is 0 Å². The van der Waals surface area contributed by atoms with Crippen LogP contribution in [0.4, 0.5) is 0 Å². The summed E-state index contributed by atoms with van der Waals surface area (Å²) in [5, 5.41) is 161. The number of carbonyl (C=O) groups is 1. The number of rotatable bonds is 13. The number of esters is 1. The molecule has 10 rings (SSSR count). The van der Waals surface area contributed by atoms with Crippen molar-refractivity contribution in [2.75, 3.05) is 26.4 Å². The van der Waals surface area contributed by atoms with E-state index in [1.165, 1.54) is 12.5 Å². The fraction of sp³-hybridized carbons (Fsp3) is 0.949. The molecule has 5 aliphatic carbocycles. The van der Waals surface area contributed by atoms with Gasteiger partial charge in [-0.25, -0.2) is 0 Å². The molecule has 26 nitrogen and oxygen atoms in total. The van der Waals surface area contributed by atoms with Crippen LogP contribution >= 0.6 is 0 Å². The van der Waals surface area contributed by atoms with E-state index in [4.69, 9.17) is 47.4 Å². The predicted octanol–water partition coefficient (Wildman–Crippen LogP) is -2.69. The summed E-state index contributed by atoms with van der Waals surface area (Å²) in [6, 6.07) is 0. The molecule has 0 spiro atoms. The molecule has 4 saturated carbocycles. The quantitative estimate of drug-likeness (QED) is 0.0507. The number of hydrogen-bond donors (Lipinski definition) is 15. The van der Waals surface area contributed by atoms with Gasteiger partial charge in [0.15, 0.2) is 25.2 Å². The molecule has 9 fully saturated rings. The van der Waals surface area contributed by atoms with Gasteiger partial charge in [0.2, 0.25) is 6.29 Å². The van der Waals surface area contributed by atoms with Crippen LogP contribution in [0.3, 0.4) is 0 Å². The number of hydrogen-bond acceptors (Lipinski definition) is 26. The van der Waals surface area contributed by atoms with Crippen LogP contribution in [0.15, 0.2) is 11.6 Å². The first kappa shape index (κ1) is 66.2. The average Bonchev–Trinajstić information content (AvgIpc) is 0.700. The summed E-state index contributed by atoms with van der Waals surface area (Å²) in [6.07, 6.45) is -30.1. The summed E-state index contributed by atoms with van der Waals surface area (Å²) in [7, 11) is 0. The molecule has 0 radical (unpaired) electrons. The maximum atomic E-state index is 15.3. The zero-order chi connectivity index (χ0) is 61.9. The number of ether oxygens (including phenoxy) is 10. The molecule has 488 valence electrons. The normalized spacial score (nSPS) is 55.3. The summed E-state index contributed by atoms with van der Waals surface area (Å²) < 4.78 is 59.5. The number of aliphatic hydroxyl groups is 15. The van der Waals surface area contributed by atoms with Crippen LogP contribution in [0.2, 0.25) is 0 Å². The molecule has 0 aromatic heterocycles. The maximum absolute atomic E-state index is 15.3. The lowest BCUT2D eigenvalue weighted by molar-refractivity contribution is -0.367. The van der Waals surface area contributed by atoms with Crippen molar-refractivity contribution in [1.82, 2.24) is 0 Å². The van der Waals surface area contributed by atoms with Crippen LogP contribution in [0.1, 0.15) is 113 Å². The van der Waals surface area contributed by atoms with E-state index in [9.17, 15) is 76.6 Å². The van der Waals surface area contributed by atoms with Crippen molar-refractivity contribution < 1.29 is 129 Å². The van der Waals surface area contributed by atoms with Crippen molar-refractivity contribution in [1.29, 1.82) is 0 Å². The molecule has 5 saturated heterocycles. The minimum absolute atomic E-state index is 0.0278. The molecule has 0 amide bonds. The van der Waals surface area contributed by atoms with E-state index >= 15 is 4.79 Å². The number of fused-ring (bicyclic) bond motifs is 7. The third-order valence-corrected chi connectivity index (χ3v) is 23.4. The van der Waals surface area contributed by atoms with Gasteiger partial charge in [-0.05, 0) is 116 Å². The molecule has 85 heavy (non-hydrogen) atoms. The average molecular weight is 1220 g/mol. The molecule has 0 bridgehead atoms. The monoisotopic (exact) mass is 1220 g/mol. The molecule has 5 aliphatic heterocycles. The van der Waals surface area contributed by atoms with Crippen LogP contribution in [-0.2, 0) is 52.2 Å². The van der Waals surface area contributed by atoms with Crippen molar-refractivity contribution in [3.05, 3.63) is 11.6 Å². The van der Waals surface area contributed by atoms with Gasteiger partial charge in [-0.15, -0.1) is 0 Å². The van der Waals surface area contributed by atoms with Crippen molar-refractivity contribution in [2.24, 2.45) is 56.7 Å². The first-order valence-electron chi connectivity index (χ1n) is 30.7. The van der Waals surface area contributed by atoms with Gasteiger partial charge in [-0.1, -0.05) is 60.1 Å². The number of allylic oxidation sites excluding steroid dienone is 2. The Morgan fingerprint density at radius 2 is 1.14 bits per heavy atom. The van der Waals surface area contributed by atoms with E-state index in [1.807, 2.05) is 0 Å². The highest BCUT2D eigenvalue weighted by Gasteiger charge is 2.71. The van der Waals surface area contributed by atoms with Gasteiger partial charge in [0.25, 0.3) is 0 Å². The first-order valence-corrected chi connectivity index (χ1v) is 30.7. The van der Waals surface area contributed by atoms with Crippen LogP contribution in [-0.4, -0.2) is 263 Å². The highest BCUT2D eigenvalue weighted by molar-refractivity contribution is 5.79. The SMILES string of the molecule is C[C@H]1[C@H](C)CC[C@]2(C(=O)O[C@@H]3O[C@H](CO[C@@H]4O[C@H](CO)[C@@H](O[C@@H]5O[C@@H](C)[C@H](O)[C@@H](O)[C@H]5O)[C@H](O)[C@H]4O)[C@@H](O)[C@H](O)[C@H]3O)CC[C@@]3(C)C(=CC[C@@H]4[C@@]5(C)CC[C@H](O[C@@H]6OC[C@H](O)[C@H](O)[C@H]6O[C@@H]6O[C@H](CO)[C@H](O)[C@H](O)[C@H]6O)C(C)(C)[C@@H]5CC[C@]43C)[C@H]12. The third-order valence-electron chi connectivity index (χ3n) is 23.4. The lowest BCUT2D eigenvalue weighted by Gasteiger charge is -2.71. The smallest absolute Gasteiger partial charge is 0.315 e. The zero-order valence-electron chi connectivity index (χ0n) is 49.8. The largest absolute Gasteiger partial charge is 0.432 e. The second-order valence-corrected chi connectivity index (χ2v) is 28.1. The van der Waals surface area contributed by atoms with Gasteiger partial charge in [-0.2, -0.15) is 0 Å². The third kappa shape index (κ3) is 11.0. The van der Waals surface area contributed by atoms with E-state index in [0.29, 0.717) is 25.7 Å². The molecule has 34 atom stereocenters. The highest BCUT2D eigenvalue weighted by atomic mass is 16.8. The van der Waals surface area contributed by atoms with E-state index in [2.05, 4.69) is 54.5 Å². The molecule has 0 aromatic carbocycles.